The van der Waals surface area contributed by atoms with Crippen molar-refractivity contribution in [3.8, 4) is 5.69 Å². The number of pyridine rings is 2. The Morgan fingerprint density at radius 2 is 2.00 bits per heavy atom. The first-order valence-electron chi connectivity index (χ1n) is 9.03. The predicted molar refractivity (Wildman–Crippen MR) is 101 cm³/mol. The lowest BCUT2D eigenvalue weighted by Crippen LogP contribution is -2.24. The van der Waals surface area contributed by atoms with Crippen molar-refractivity contribution in [2.24, 2.45) is 0 Å². The Morgan fingerprint density at radius 1 is 1.14 bits per heavy atom. The maximum atomic E-state index is 13.4. The van der Waals surface area contributed by atoms with Crippen molar-refractivity contribution in [3.63, 3.8) is 0 Å². The SMILES string of the molecule is O=C1c2cn(-c3ccc(N4CC[C@H](F)C4)nc3)nc2CN1c1ccc(=O)[nH]c1. The number of rotatable bonds is 3. The molecule has 5 heterocycles. The molecule has 0 radical (unpaired) electrons. The third-order valence-electron chi connectivity index (χ3n) is 5.11. The highest BCUT2D eigenvalue weighted by molar-refractivity contribution is 6.09. The molecule has 142 valence electrons. The summed E-state index contributed by atoms with van der Waals surface area (Å²) in [5.74, 6) is 0.577. The van der Waals surface area contributed by atoms with Crippen molar-refractivity contribution in [1.82, 2.24) is 19.7 Å². The Bertz CT molecular complexity index is 1090. The number of hydrogen-bond acceptors (Lipinski definition) is 5. The van der Waals surface area contributed by atoms with E-state index < -0.39 is 6.17 Å². The Labute approximate surface area is 159 Å². The van der Waals surface area contributed by atoms with Gasteiger partial charge < -0.3 is 14.8 Å². The smallest absolute Gasteiger partial charge is 0.262 e. The summed E-state index contributed by atoms with van der Waals surface area (Å²) in [7, 11) is 0. The molecule has 1 N–H and O–H groups in total. The number of anilines is 2. The molecule has 3 aromatic rings. The second-order valence-electron chi connectivity index (χ2n) is 6.94. The fourth-order valence-corrected chi connectivity index (χ4v) is 3.61. The van der Waals surface area contributed by atoms with Crippen LogP contribution in [0.2, 0.25) is 0 Å². The topological polar surface area (TPSA) is 87.1 Å². The molecule has 28 heavy (non-hydrogen) atoms. The van der Waals surface area contributed by atoms with E-state index in [1.807, 2.05) is 17.0 Å². The molecule has 0 unspecified atom stereocenters. The van der Waals surface area contributed by atoms with Gasteiger partial charge in [0, 0.05) is 25.0 Å². The van der Waals surface area contributed by atoms with E-state index in [0.29, 0.717) is 43.0 Å². The number of alkyl halides is 1. The summed E-state index contributed by atoms with van der Waals surface area (Å²) >= 11 is 0. The van der Waals surface area contributed by atoms with Crippen LogP contribution in [-0.2, 0) is 6.54 Å². The standard InChI is InChI=1S/C19H17FN6O2/c20-12-5-6-24(9-12)17-3-1-14(8-21-17)26-10-15-16(23-26)11-25(19(15)28)13-2-4-18(27)22-7-13/h1-4,7-8,10,12H,5-6,9,11H2,(H,22,27)/t12-/m0/s1. The summed E-state index contributed by atoms with van der Waals surface area (Å²) in [6, 6.07) is 6.70. The average Bonchev–Trinajstić information content (AvgIpc) is 3.39. The highest BCUT2D eigenvalue weighted by atomic mass is 19.1. The Hall–Kier alpha value is -3.49. The van der Waals surface area contributed by atoms with Crippen molar-refractivity contribution >= 4 is 17.4 Å². The van der Waals surface area contributed by atoms with Gasteiger partial charge in [-0.1, -0.05) is 0 Å². The number of fused-ring (bicyclic) bond motifs is 1. The maximum absolute atomic E-state index is 13.4. The molecule has 2 aliphatic rings. The summed E-state index contributed by atoms with van der Waals surface area (Å²) < 4.78 is 15.0. The molecule has 5 rings (SSSR count). The van der Waals surface area contributed by atoms with E-state index >= 15 is 0 Å². The normalized spacial score (nSPS) is 18.8. The highest BCUT2D eigenvalue weighted by Crippen LogP contribution is 2.28. The minimum Gasteiger partial charge on any atom is -0.354 e. The van der Waals surface area contributed by atoms with Gasteiger partial charge in [0.2, 0.25) is 5.56 Å². The molecule has 0 saturated carbocycles. The van der Waals surface area contributed by atoms with Gasteiger partial charge in [0.25, 0.3) is 5.91 Å². The van der Waals surface area contributed by atoms with E-state index in [9.17, 15) is 14.0 Å². The van der Waals surface area contributed by atoms with Crippen molar-refractivity contribution in [2.75, 3.05) is 22.9 Å². The van der Waals surface area contributed by atoms with Crippen LogP contribution in [0.4, 0.5) is 15.9 Å². The molecule has 2 aliphatic heterocycles. The van der Waals surface area contributed by atoms with E-state index in [-0.39, 0.29) is 11.5 Å². The number of carbonyl (C=O) groups excluding carboxylic acids is 1. The summed E-state index contributed by atoms with van der Waals surface area (Å²) in [5, 5.41) is 4.51. The second-order valence-corrected chi connectivity index (χ2v) is 6.94. The van der Waals surface area contributed by atoms with Crippen molar-refractivity contribution in [3.05, 3.63) is 64.5 Å². The number of H-pyrrole nitrogens is 1. The lowest BCUT2D eigenvalue weighted by molar-refractivity contribution is 0.0996. The zero-order valence-corrected chi connectivity index (χ0v) is 14.9. The van der Waals surface area contributed by atoms with Crippen LogP contribution in [0, 0.1) is 0 Å². The van der Waals surface area contributed by atoms with Gasteiger partial charge in [0.1, 0.15) is 12.0 Å². The van der Waals surface area contributed by atoms with Crippen molar-refractivity contribution in [1.29, 1.82) is 0 Å². The van der Waals surface area contributed by atoms with Crippen LogP contribution >= 0.6 is 0 Å². The Balaban J connectivity index is 1.37. The number of nitrogens with one attached hydrogen (secondary N) is 1. The first-order valence-corrected chi connectivity index (χ1v) is 9.03. The molecular weight excluding hydrogens is 363 g/mol. The van der Waals surface area contributed by atoms with Crippen molar-refractivity contribution < 1.29 is 9.18 Å². The molecule has 0 aromatic carbocycles. The average molecular weight is 380 g/mol. The van der Waals surface area contributed by atoms with Crippen LogP contribution in [0.3, 0.4) is 0 Å². The zero-order valence-electron chi connectivity index (χ0n) is 14.9. The van der Waals surface area contributed by atoms with Gasteiger partial charge >= 0.3 is 0 Å². The predicted octanol–water partition coefficient (Wildman–Crippen LogP) is 1.66. The lowest BCUT2D eigenvalue weighted by atomic mass is 10.3. The monoisotopic (exact) mass is 380 g/mol. The maximum Gasteiger partial charge on any atom is 0.262 e. The summed E-state index contributed by atoms with van der Waals surface area (Å²) in [6.45, 7) is 1.38. The van der Waals surface area contributed by atoms with E-state index in [1.54, 1.807) is 28.0 Å². The largest absolute Gasteiger partial charge is 0.354 e. The number of amides is 1. The first-order chi connectivity index (χ1) is 13.6. The highest BCUT2D eigenvalue weighted by Gasteiger charge is 2.32. The number of carbonyl (C=O) groups is 1. The molecule has 8 nitrogen and oxygen atoms in total. The van der Waals surface area contributed by atoms with Crippen LogP contribution in [0.5, 0.6) is 0 Å². The fourth-order valence-electron chi connectivity index (χ4n) is 3.61. The molecule has 1 saturated heterocycles. The van der Waals surface area contributed by atoms with Gasteiger partial charge in [-0.25, -0.2) is 14.1 Å². The molecule has 1 amide bonds. The zero-order chi connectivity index (χ0) is 19.3. The Kier molecular flexibility index (Phi) is 3.75. The van der Waals surface area contributed by atoms with E-state index in [1.165, 1.54) is 12.3 Å². The molecule has 0 spiro atoms. The van der Waals surface area contributed by atoms with E-state index in [0.717, 1.165) is 11.5 Å². The van der Waals surface area contributed by atoms with Crippen LogP contribution in [0.1, 0.15) is 22.5 Å². The van der Waals surface area contributed by atoms with Gasteiger partial charge in [-0.2, -0.15) is 5.10 Å². The molecule has 0 aliphatic carbocycles. The Morgan fingerprint density at radius 3 is 2.64 bits per heavy atom. The second kappa shape index (κ2) is 6.29. The summed E-state index contributed by atoms with van der Waals surface area (Å²) in [4.78, 5) is 34.4. The van der Waals surface area contributed by atoms with E-state index in [2.05, 4.69) is 15.1 Å². The lowest BCUT2D eigenvalue weighted by Gasteiger charge is -2.16. The van der Waals surface area contributed by atoms with Gasteiger partial charge in [-0.3, -0.25) is 9.59 Å². The van der Waals surface area contributed by atoms with E-state index in [4.69, 9.17) is 0 Å². The van der Waals surface area contributed by atoms with Crippen LogP contribution < -0.4 is 15.4 Å². The minimum absolute atomic E-state index is 0.163. The quantitative estimate of drug-likeness (QED) is 0.747. The molecule has 1 atom stereocenters. The minimum atomic E-state index is -0.799. The van der Waals surface area contributed by atoms with Crippen LogP contribution in [0.25, 0.3) is 5.69 Å². The number of halogens is 1. The number of nitrogens with zero attached hydrogens (tertiary/aromatic N) is 5. The van der Waals surface area contributed by atoms with Gasteiger partial charge in [0.05, 0.1) is 41.9 Å². The molecular formula is C19H17FN6O2. The van der Waals surface area contributed by atoms with Gasteiger partial charge in [-0.05, 0) is 24.6 Å². The third-order valence-corrected chi connectivity index (χ3v) is 5.11. The van der Waals surface area contributed by atoms with Crippen molar-refractivity contribution in [2.45, 2.75) is 19.1 Å². The number of aromatic amines is 1. The third kappa shape index (κ3) is 2.75. The molecule has 0 bridgehead atoms. The molecule has 1 fully saturated rings. The summed E-state index contributed by atoms with van der Waals surface area (Å²) in [5.41, 5.74) is 2.33. The van der Waals surface area contributed by atoms with Crippen LogP contribution in [-0.4, -0.2) is 44.9 Å². The molecule has 9 heteroatoms. The first kappa shape index (κ1) is 16.7. The fraction of sp³-hybridized carbons (Fsp3) is 0.263. The van der Waals surface area contributed by atoms with Gasteiger partial charge in [0.15, 0.2) is 0 Å². The molecule has 3 aromatic heterocycles. The van der Waals surface area contributed by atoms with Gasteiger partial charge in [-0.15, -0.1) is 0 Å². The number of aromatic nitrogens is 4. The van der Waals surface area contributed by atoms with Crippen LogP contribution in [0.15, 0.2) is 47.7 Å². The summed E-state index contributed by atoms with van der Waals surface area (Å²) in [6.07, 6.45) is 4.61. The number of hydrogen-bond donors (Lipinski definition) is 1.